The maximum atomic E-state index is 13.4. The molecule has 1 aliphatic heterocycles. The van der Waals surface area contributed by atoms with Gasteiger partial charge < -0.3 is 42.3 Å². The van der Waals surface area contributed by atoms with Crippen LogP contribution in [-0.4, -0.2) is 86.5 Å². The standard InChI is InChI=1S/C24H33N5O9/c25-15(12-13-3-5-14(30)6-4-13)21(34)27-16(8-10-20(32)33)23(36)29-11-1-2-18(29)22(35)28-17(24(37)38)7-9-19(26)31/h3-6,15-18,30H,1-2,7-12,25H2,(H2,26,31)(H,27,34)(H,28,35)(H,32,33)(H,37,38). The molecule has 1 fully saturated rings. The van der Waals surface area contributed by atoms with Gasteiger partial charge in [0.1, 0.15) is 23.9 Å². The number of primary amides is 1. The van der Waals surface area contributed by atoms with E-state index in [0.29, 0.717) is 12.0 Å². The first-order valence-corrected chi connectivity index (χ1v) is 12.1. The summed E-state index contributed by atoms with van der Waals surface area (Å²) in [5.74, 6) is -5.41. The van der Waals surface area contributed by atoms with E-state index in [-0.39, 0.29) is 44.4 Å². The summed E-state index contributed by atoms with van der Waals surface area (Å²) in [4.78, 5) is 73.8. The van der Waals surface area contributed by atoms with E-state index in [1.807, 2.05) is 0 Å². The molecule has 1 aliphatic rings. The molecule has 0 radical (unpaired) electrons. The van der Waals surface area contributed by atoms with Crippen LogP contribution in [-0.2, 0) is 35.2 Å². The number of carbonyl (C=O) groups is 6. The minimum Gasteiger partial charge on any atom is -0.508 e. The van der Waals surface area contributed by atoms with Crippen LogP contribution in [0.15, 0.2) is 24.3 Å². The molecule has 9 N–H and O–H groups in total. The van der Waals surface area contributed by atoms with Crippen LogP contribution in [0.4, 0.5) is 0 Å². The van der Waals surface area contributed by atoms with Crippen LogP contribution in [0, 0.1) is 0 Å². The predicted octanol–water partition coefficient (Wildman–Crippen LogP) is -1.56. The highest BCUT2D eigenvalue weighted by Gasteiger charge is 2.39. The van der Waals surface area contributed by atoms with E-state index in [2.05, 4.69) is 10.6 Å². The van der Waals surface area contributed by atoms with Crippen LogP contribution in [0.25, 0.3) is 0 Å². The van der Waals surface area contributed by atoms with Gasteiger partial charge in [0, 0.05) is 19.4 Å². The molecule has 1 heterocycles. The Bertz CT molecular complexity index is 1050. The normalized spacial score (nSPS) is 17.2. The lowest BCUT2D eigenvalue weighted by molar-refractivity contribution is -0.145. The summed E-state index contributed by atoms with van der Waals surface area (Å²) >= 11 is 0. The molecule has 14 nitrogen and oxygen atoms in total. The summed E-state index contributed by atoms with van der Waals surface area (Å²) < 4.78 is 0. The third kappa shape index (κ3) is 9.03. The maximum absolute atomic E-state index is 13.4. The van der Waals surface area contributed by atoms with Crippen molar-refractivity contribution in [2.45, 2.75) is 69.1 Å². The van der Waals surface area contributed by atoms with Crippen molar-refractivity contribution in [3.63, 3.8) is 0 Å². The summed E-state index contributed by atoms with van der Waals surface area (Å²) in [7, 11) is 0. The number of hydrogen-bond donors (Lipinski definition) is 7. The fraction of sp³-hybridized carbons (Fsp3) is 0.500. The average Bonchev–Trinajstić information content (AvgIpc) is 3.34. The molecule has 0 saturated carbocycles. The fourth-order valence-electron chi connectivity index (χ4n) is 4.10. The van der Waals surface area contributed by atoms with Gasteiger partial charge in [-0.15, -0.1) is 0 Å². The second kappa shape index (κ2) is 13.9. The number of aliphatic carboxylic acids is 2. The van der Waals surface area contributed by atoms with Crippen molar-refractivity contribution in [3.05, 3.63) is 29.8 Å². The molecule has 4 atom stereocenters. The van der Waals surface area contributed by atoms with Gasteiger partial charge in [-0.05, 0) is 49.8 Å². The number of likely N-dealkylation sites (tertiary alicyclic amines) is 1. The third-order valence-corrected chi connectivity index (χ3v) is 6.12. The van der Waals surface area contributed by atoms with Crippen LogP contribution in [0.3, 0.4) is 0 Å². The Labute approximate surface area is 218 Å². The first-order chi connectivity index (χ1) is 17.9. The van der Waals surface area contributed by atoms with E-state index in [4.69, 9.17) is 16.6 Å². The van der Waals surface area contributed by atoms with Crippen molar-refractivity contribution in [2.24, 2.45) is 11.5 Å². The number of carboxylic acid groups (broad SMARTS) is 2. The van der Waals surface area contributed by atoms with Gasteiger partial charge in [0.25, 0.3) is 0 Å². The number of nitrogens with zero attached hydrogens (tertiary/aromatic N) is 1. The summed E-state index contributed by atoms with van der Waals surface area (Å²) in [6, 6.07) is 1.21. The lowest BCUT2D eigenvalue weighted by atomic mass is 10.0. The SMILES string of the molecule is NC(=O)CCC(NC(=O)C1CCCN1C(=O)C(CCC(=O)O)NC(=O)C(N)Cc1ccc(O)cc1)C(=O)O. The maximum Gasteiger partial charge on any atom is 0.326 e. The average molecular weight is 536 g/mol. The molecule has 4 amide bonds. The third-order valence-electron chi connectivity index (χ3n) is 6.12. The molecule has 14 heteroatoms. The number of nitrogens with two attached hydrogens (primary N) is 2. The lowest BCUT2D eigenvalue weighted by Gasteiger charge is -2.30. The van der Waals surface area contributed by atoms with Gasteiger partial charge in [-0.2, -0.15) is 0 Å². The summed E-state index contributed by atoms with van der Waals surface area (Å²) in [6.07, 6.45) is -0.466. The van der Waals surface area contributed by atoms with Gasteiger partial charge in [0.15, 0.2) is 0 Å². The minimum absolute atomic E-state index is 0.0397. The topological polar surface area (TPSA) is 242 Å². The number of phenolic OH excluding ortho intramolecular Hbond substituents is 1. The molecule has 0 bridgehead atoms. The highest BCUT2D eigenvalue weighted by Crippen LogP contribution is 2.20. The number of aromatic hydroxyl groups is 1. The Kier molecular flexibility index (Phi) is 11.0. The molecular formula is C24H33N5O9. The van der Waals surface area contributed by atoms with Gasteiger partial charge in [-0.25, -0.2) is 4.79 Å². The molecular weight excluding hydrogens is 502 g/mol. The Balaban J connectivity index is 2.11. The van der Waals surface area contributed by atoms with Crippen molar-refractivity contribution < 1.29 is 44.1 Å². The van der Waals surface area contributed by atoms with Crippen molar-refractivity contribution in [1.29, 1.82) is 0 Å². The van der Waals surface area contributed by atoms with Crippen molar-refractivity contribution >= 4 is 35.6 Å². The van der Waals surface area contributed by atoms with Gasteiger partial charge in [-0.3, -0.25) is 24.0 Å². The number of carbonyl (C=O) groups excluding carboxylic acids is 4. The van der Waals surface area contributed by atoms with Crippen LogP contribution in [0.1, 0.15) is 44.1 Å². The highest BCUT2D eigenvalue weighted by atomic mass is 16.4. The number of nitrogens with one attached hydrogen (secondary N) is 2. The van der Waals surface area contributed by atoms with Crippen LogP contribution in [0.5, 0.6) is 5.75 Å². The Morgan fingerprint density at radius 3 is 2.18 bits per heavy atom. The van der Waals surface area contributed by atoms with Crippen LogP contribution >= 0.6 is 0 Å². The first-order valence-electron chi connectivity index (χ1n) is 12.1. The van der Waals surface area contributed by atoms with Crippen molar-refractivity contribution in [1.82, 2.24) is 15.5 Å². The molecule has 38 heavy (non-hydrogen) atoms. The molecule has 2 rings (SSSR count). The quantitative estimate of drug-likeness (QED) is 0.144. The van der Waals surface area contributed by atoms with E-state index >= 15 is 0 Å². The molecule has 1 aromatic carbocycles. The zero-order valence-corrected chi connectivity index (χ0v) is 20.7. The van der Waals surface area contributed by atoms with Gasteiger partial charge in [0.2, 0.25) is 23.6 Å². The zero-order chi connectivity index (χ0) is 28.4. The first kappa shape index (κ1) is 30.0. The number of rotatable bonds is 14. The summed E-state index contributed by atoms with van der Waals surface area (Å²) in [6.45, 7) is 0.134. The Morgan fingerprint density at radius 1 is 0.974 bits per heavy atom. The van der Waals surface area contributed by atoms with Crippen molar-refractivity contribution in [2.75, 3.05) is 6.54 Å². The number of benzene rings is 1. The number of hydrogen-bond acceptors (Lipinski definition) is 8. The van der Waals surface area contributed by atoms with E-state index in [1.54, 1.807) is 12.1 Å². The second-order valence-electron chi connectivity index (χ2n) is 9.06. The van der Waals surface area contributed by atoms with Gasteiger partial charge in [-0.1, -0.05) is 12.1 Å². The molecule has 0 spiro atoms. The molecule has 208 valence electrons. The fourth-order valence-corrected chi connectivity index (χ4v) is 4.10. The highest BCUT2D eigenvalue weighted by molar-refractivity contribution is 5.94. The summed E-state index contributed by atoms with van der Waals surface area (Å²) in [5, 5.41) is 32.7. The largest absolute Gasteiger partial charge is 0.508 e. The van der Waals surface area contributed by atoms with E-state index in [1.165, 1.54) is 17.0 Å². The van der Waals surface area contributed by atoms with Crippen LogP contribution in [0.2, 0.25) is 0 Å². The molecule has 0 aliphatic carbocycles. The van der Waals surface area contributed by atoms with E-state index < -0.39 is 66.2 Å². The Hall–Kier alpha value is -4.20. The molecule has 4 unspecified atom stereocenters. The Morgan fingerprint density at radius 2 is 1.61 bits per heavy atom. The van der Waals surface area contributed by atoms with E-state index in [0.717, 1.165) is 0 Å². The zero-order valence-electron chi connectivity index (χ0n) is 20.7. The number of amides is 4. The van der Waals surface area contributed by atoms with Gasteiger partial charge >= 0.3 is 11.9 Å². The minimum atomic E-state index is -1.40. The molecule has 1 aromatic rings. The van der Waals surface area contributed by atoms with E-state index in [9.17, 15) is 39.0 Å². The smallest absolute Gasteiger partial charge is 0.326 e. The molecule has 1 saturated heterocycles. The monoisotopic (exact) mass is 535 g/mol. The van der Waals surface area contributed by atoms with Crippen molar-refractivity contribution in [3.8, 4) is 5.75 Å². The predicted molar refractivity (Wildman–Crippen MR) is 131 cm³/mol. The summed E-state index contributed by atoms with van der Waals surface area (Å²) in [5.41, 5.74) is 11.7. The lowest BCUT2D eigenvalue weighted by Crippen LogP contribution is -2.57. The van der Waals surface area contributed by atoms with Crippen LogP contribution < -0.4 is 22.1 Å². The number of carboxylic acids is 2. The molecule has 0 aromatic heterocycles. The second-order valence-corrected chi connectivity index (χ2v) is 9.06. The number of phenols is 1. The van der Waals surface area contributed by atoms with Gasteiger partial charge in [0.05, 0.1) is 6.04 Å².